The molecule has 31 heavy (non-hydrogen) atoms. The normalized spacial score (nSPS) is 11.3. The lowest BCUT2D eigenvalue weighted by molar-refractivity contribution is -0.131. The van der Waals surface area contributed by atoms with Crippen molar-refractivity contribution in [1.82, 2.24) is 0 Å². The van der Waals surface area contributed by atoms with Gasteiger partial charge < -0.3 is 18.9 Å². The molecule has 2 aromatic rings. The number of hydrogen-bond donors (Lipinski definition) is 0. The molecule has 0 N–H and O–H groups in total. The molecule has 0 amide bonds. The number of ketones is 1. The molecular formula is C25H28O6. The Hall–Kier alpha value is -3.38. The molecule has 6 heteroatoms. The van der Waals surface area contributed by atoms with Crippen molar-refractivity contribution >= 4 is 17.8 Å². The van der Waals surface area contributed by atoms with Crippen molar-refractivity contribution in [3.63, 3.8) is 0 Å². The summed E-state index contributed by atoms with van der Waals surface area (Å²) in [5.74, 6) is 0.881. The molecule has 0 unspecified atom stereocenters. The summed E-state index contributed by atoms with van der Waals surface area (Å²) in [6.45, 7) is 9.28. The summed E-state index contributed by atoms with van der Waals surface area (Å²) >= 11 is 0. The number of carbonyl (C=O) groups is 2. The van der Waals surface area contributed by atoms with Crippen LogP contribution in [0, 0.1) is 0 Å². The summed E-state index contributed by atoms with van der Waals surface area (Å²) in [6.07, 6.45) is 4.92. The van der Waals surface area contributed by atoms with Crippen molar-refractivity contribution < 1.29 is 28.5 Å². The Morgan fingerprint density at radius 3 is 2.29 bits per heavy atom. The van der Waals surface area contributed by atoms with Gasteiger partial charge in [-0.2, -0.15) is 0 Å². The Kier molecular flexibility index (Phi) is 8.16. The summed E-state index contributed by atoms with van der Waals surface area (Å²) in [5.41, 5.74) is 1.48. The summed E-state index contributed by atoms with van der Waals surface area (Å²) < 4.78 is 21.0. The predicted molar refractivity (Wildman–Crippen MR) is 120 cm³/mol. The molecule has 0 atom stereocenters. The van der Waals surface area contributed by atoms with Crippen LogP contribution in [-0.4, -0.2) is 32.8 Å². The summed E-state index contributed by atoms with van der Waals surface area (Å²) in [7, 11) is 3.06. The first-order valence-electron chi connectivity index (χ1n) is 9.70. The van der Waals surface area contributed by atoms with Crippen molar-refractivity contribution in [2.24, 2.45) is 0 Å². The molecule has 0 radical (unpaired) electrons. The van der Waals surface area contributed by atoms with Crippen molar-refractivity contribution in [2.45, 2.75) is 26.2 Å². The number of hydrogen-bond acceptors (Lipinski definition) is 6. The maximum atomic E-state index is 12.6. The Labute approximate surface area is 183 Å². The van der Waals surface area contributed by atoms with E-state index in [1.54, 1.807) is 42.5 Å². The second-order valence-electron chi connectivity index (χ2n) is 7.38. The second kappa shape index (κ2) is 10.6. The van der Waals surface area contributed by atoms with E-state index in [9.17, 15) is 9.59 Å². The average molecular weight is 424 g/mol. The third-order valence-electron chi connectivity index (χ3n) is 4.69. The van der Waals surface area contributed by atoms with Gasteiger partial charge in [-0.05, 0) is 42.5 Å². The van der Waals surface area contributed by atoms with Crippen LogP contribution in [0.15, 0.2) is 55.1 Å². The molecule has 164 valence electrons. The van der Waals surface area contributed by atoms with E-state index in [1.807, 2.05) is 19.9 Å². The number of rotatable bonds is 10. The van der Waals surface area contributed by atoms with E-state index in [4.69, 9.17) is 18.9 Å². The fourth-order valence-electron chi connectivity index (χ4n) is 2.84. The molecule has 0 bridgehead atoms. The third-order valence-corrected chi connectivity index (χ3v) is 4.69. The zero-order valence-electron chi connectivity index (χ0n) is 18.6. The highest BCUT2D eigenvalue weighted by atomic mass is 16.7. The van der Waals surface area contributed by atoms with Crippen LogP contribution in [0.4, 0.5) is 0 Å². The minimum atomic E-state index is -0.471. The lowest BCUT2D eigenvalue weighted by Crippen LogP contribution is -2.17. The zero-order valence-corrected chi connectivity index (χ0v) is 18.6. The highest BCUT2D eigenvalue weighted by Gasteiger charge is 2.24. The first kappa shape index (κ1) is 23.9. The lowest BCUT2D eigenvalue weighted by atomic mass is 9.83. The first-order chi connectivity index (χ1) is 14.7. The minimum absolute atomic E-state index is 0.139. The molecule has 0 aliphatic heterocycles. The zero-order chi connectivity index (χ0) is 23.0. The van der Waals surface area contributed by atoms with Crippen LogP contribution in [0.2, 0.25) is 0 Å². The molecule has 0 heterocycles. The number of ether oxygens (including phenoxy) is 4. The molecule has 6 nitrogen and oxygen atoms in total. The van der Waals surface area contributed by atoms with Gasteiger partial charge in [0.2, 0.25) is 0 Å². The van der Waals surface area contributed by atoms with E-state index in [0.717, 1.165) is 5.56 Å². The van der Waals surface area contributed by atoms with Crippen molar-refractivity contribution in [3.05, 3.63) is 71.8 Å². The molecular weight excluding hydrogens is 396 g/mol. The van der Waals surface area contributed by atoms with Crippen LogP contribution in [0.25, 0.3) is 6.08 Å². The first-order valence-corrected chi connectivity index (χ1v) is 9.70. The average Bonchev–Trinajstić information content (AvgIpc) is 2.76. The van der Waals surface area contributed by atoms with Crippen LogP contribution in [-0.2, 0) is 14.9 Å². The van der Waals surface area contributed by atoms with Crippen LogP contribution in [0.1, 0.15) is 42.3 Å². The van der Waals surface area contributed by atoms with Crippen molar-refractivity contribution in [2.75, 3.05) is 21.0 Å². The SMILES string of the molecule is C=CC(C)(C)c1cc(/C=C/C(=O)c2ccc(OCOC)cc2)c(OC)cc1OC(C)=O. The third kappa shape index (κ3) is 6.30. The Morgan fingerprint density at radius 2 is 1.74 bits per heavy atom. The number of esters is 1. The standard InChI is InChI=1S/C25H28O6/c1-7-25(3,4)21-14-19(23(29-6)15-24(21)31-17(2)26)10-13-22(27)18-8-11-20(12-9-18)30-16-28-5/h7-15H,1,16H2,2-6H3/b13-10+. The maximum Gasteiger partial charge on any atom is 0.308 e. The van der Waals surface area contributed by atoms with Gasteiger partial charge in [-0.1, -0.05) is 19.9 Å². The van der Waals surface area contributed by atoms with Gasteiger partial charge in [0.05, 0.1) is 7.11 Å². The maximum absolute atomic E-state index is 12.6. The molecule has 0 saturated heterocycles. The molecule has 0 saturated carbocycles. The van der Waals surface area contributed by atoms with E-state index >= 15 is 0 Å². The predicted octanol–water partition coefficient (Wildman–Crippen LogP) is 4.96. The highest BCUT2D eigenvalue weighted by molar-refractivity contribution is 6.07. The van der Waals surface area contributed by atoms with Crippen molar-refractivity contribution in [3.8, 4) is 17.2 Å². The van der Waals surface area contributed by atoms with E-state index in [0.29, 0.717) is 28.4 Å². The largest absolute Gasteiger partial charge is 0.496 e. The quantitative estimate of drug-likeness (QED) is 0.134. The topological polar surface area (TPSA) is 71.1 Å². The summed E-state index contributed by atoms with van der Waals surface area (Å²) in [5, 5.41) is 0. The van der Waals surface area contributed by atoms with Gasteiger partial charge in [0.25, 0.3) is 0 Å². The monoisotopic (exact) mass is 424 g/mol. The Morgan fingerprint density at radius 1 is 1.06 bits per heavy atom. The van der Waals surface area contributed by atoms with E-state index in [-0.39, 0.29) is 12.6 Å². The van der Waals surface area contributed by atoms with Gasteiger partial charge in [-0.15, -0.1) is 6.58 Å². The van der Waals surface area contributed by atoms with Gasteiger partial charge in [-0.25, -0.2) is 0 Å². The minimum Gasteiger partial charge on any atom is -0.496 e. The molecule has 2 rings (SSSR count). The second-order valence-corrected chi connectivity index (χ2v) is 7.38. The molecule has 0 aromatic heterocycles. The molecule has 2 aromatic carbocycles. The summed E-state index contributed by atoms with van der Waals surface area (Å²) in [4.78, 5) is 24.2. The number of methoxy groups -OCH3 is 2. The van der Waals surface area contributed by atoms with Gasteiger partial charge >= 0.3 is 5.97 Å². The van der Waals surface area contributed by atoms with Gasteiger partial charge in [0.1, 0.15) is 17.2 Å². The smallest absolute Gasteiger partial charge is 0.308 e. The van der Waals surface area contributed by atoms with Gasteiger partial charge in [0, 0.05) is 42.2 Å². The fraction of sp³-hybridized carbons (Fsp3) is 0.280. The molecule has 0 aliphatic carbocycles. The number of benzene rings is 2. The highest BCUT2D eigenvalue weighted by Crippen LogP contribution is 2.38. The fourth-order valence-corrected chi connectivity index (χ4v) is 2.84. The molecule has 0 fully saturated rings. The number of carbonyl (C=O) groups excluding carboxylic acids is 2. The van der Waals surface area contributed by atoms with Gasteiger partial charge in [0.15, 0.2) is 12.6 Å². The van der Waals surface area contributed by atoms with Crippen LogP contribution < -0.4 is 14.2 Å². The number of allylic oxidation sites excluding steroid dienone is 2. The van der Waals surface area contributed by atoms with Crippen LogP contribution in [0.5, 0.6) is 17.2 Å². The lowest BCUT2D eigenvalue weighted by Gasteiger charge is -2.24. The van der Waals surface area contributed by atoms with E-state index in [1.165, 1.54) is 27.2 Å². The van der Waals surface area contributed by atoms with E-state index < -0.39 is 11.4 Å². The van der Waals surface area contributed by atoms with Crippen LogP contribution >= 0.6 is 0 Å². The van der Waals surface area contributed by atoms with Crippen molar-refractivity contribution in [1.29, 1.82) is 0 Å². The molecule has 0 aliphatic rings. The van der Waals surface area contributed by atoms with Gasteiger partial charge in [-0.3, -0.25) is 9.59 Å². The van der Waals surface area contributed by atoms with E-state index in [2.05, 4.69) is 6.58 Å². The summed E-state index contributed by atoms with van der Waals surface area (Å²) in [6, 6.07) is 10.3. The van der Waals surface area contributed by atoms with Crippen LogP contribution in [0.3, 0.4) is 0 Å². The Bertz CT molecular complexity index is 970. The Balaban J connectivity index is 2.37. The molecule has 0 spiro atoms.